The molecule has 6 heteroatoms. The summed E-state index contributed by atoms with van der Waals surface area (Å²) in [7, 11) is 1.80. The Balaban J connectivity index is 1.45. The van der Waals surface area contributed by atoms with Crippen molar-refractivity contribution in [2.45, 2.75) is 38.5 Å². The van der Waals surface area contributed by atoms with Crippen molar-refractivity contribution >= 4 is 17.6 Å². The number of amides is 2. The molecule has 2 amide bonds. The lowest BCUT2D eigenvalue weighted by Gasteiger charge is -2.35. The normalized spacial score (nSPS) is 18.4. The van der Waals surface area contributed by atoms with Gasteiger partial charge in [-0.1, -0.05) is 25.7 Å². The van der Waals surface area contributed by atoms with Gasteiger partial charge in [0.05, 0.1) is 5.56 Å². The summed E-state index contributed by atoms with van der Waals surface area (Å²) in [6.45, 7) is 2.47. The zero-order valence-corrected chi connectivity index (χ0v) is 15.0. The minimum absolute atomic E-state index is 0.00629. The van der Waals surface area contributed by atoms with E-state index in [2.05, 4.69) is 10.3 Å². The summed E-state index contributed by atoms with van der Waals surface area (Å²) in [5, 5.41) is 2.94. The molecule has 6 nitrogen and oxygen atoms in total. The van der Waals surface area contributed by atoms with Crippen LogP contribution in [-0.4, -0.2) is 59.8 Å². The van der Waals surface area contributed by atoms with Gasteiger partial charge in [0.1, 0.15) is 5.82 Å². The number of hydrogen-bond donors (Lipinski definition) is 1. The first-order chi connectivity index (χ1) is 12.2. The highest BCUT2D eigenvalue weighted by Crippen LogP contribution is 2.28. The fraction of sp³-hybridized carbons (Fsp3) is 0.632. The van der Waals surface area contributed by atoms with Crippen LogP contribution in [0.15, 0.2) is 18.3 Å². The van der Waals surface area contributed by atoms with Crippen LogP contribution in [0.2, 0.25) is 0 Å². The number of anilines is 1. The van der Waals surface area contributed by atoms with Crippen molar-refractivity contribution in [3.63, 3.8) is 0 Å². The smallest absolute Gasteiger partial charge is 0.255 e. The Morgan fingerprint density at radius 3 is 2.40 bits per heavy atom. The number of hydrogen-bond acceptors (Lipinski definition) is 4. The average molecular weight is 344 g/mol. The maximum Gasteiger partial charge on any atom is 0.255 e. The van der Waals surface area contributed by atoms with Gasteiger partial charge in [-0.05, 0) is 24.5 Å². The van der Waals surface area contributed by atoms with E-state index >= 15 is 0 Å². The van der Waals surface area contributed by atoms with Crippen LogP contribution in [0.4, 0.5) is 5.82 Å². The van der Waals surface area contributed by atoms with E-state index in [1.54, 1.807) is 25.4 Å². The third kappa shape index (κ3) is 4.50. The van der Waals surface area contributed by atoms with Gasteiger partial charge in [-0.15, -0.1) is 0 Å². The molecule has 2 heterocycles. The second-order valence-corrected chi connectivity index (χ2v) is 7.04. The van der Waals surface area contributed by atoms with E-state index in [1.165, 1.54) is 25.7 Å². The molecule has 1 saturated carbocycles. The first-order valence-electron chi connectivity index (χ1n) is 9.38. The highest BCUT2D eigenvalue weighted by Gasteiger charge is 2.25. The molecule has 1 N–H and O–H groups in total. The molecule has 136 valence electrons. The van der Waals surface area contributed by atoms with Crippen molar-refractivity contribution in [1.82, 2.24) is 14.8 Å². The number of carbonyl (C=O) groups is 2. The van der Waals surface area contributed by atoms with Crippen LogP contribution < -0.4 is 5.32 Å². The molecule has 0 atom stereocenters. The van der Waals surface area contributed by atoms with Gasteiger partial charge in [0.2, 0.25) is 5.91 Å². The Kier molecular flexibility index (Phi) is 5.89. The maximum atomic E-state index is 12.5. The zero-order chi connectivity index (χ0) is 17.6. The molecule has 1 saturated heterocycles. The van der Waals surface area contributed by atoms with Gasteiger partial charge >= 0.3 is 0 Å². The van der Waals surface area contributed by atoms with Gasteiger partial charge in [0, 0.05) is 45.8 Å². The molecular formula is C19H28N4O2. The molecule has 1 aromatic rings. The Labute approximate surface area is 149 Å². The van der Waals surface area contributed by atoms with Crippen LogP contribution in [-0.2, 0) is 4.79 Å². The van der Waals surface area contributed by atoms with Crippen LogP contribution in [0.25, 0.3) is 0 Å². The van der Waals surface area contributed by atoms with E-state index in [-0.39, 0.29) is 11.8 Å². The van der Waals surface area contributed by atoms with E-state index in [9.17, 15) is 9.59 Å². The standard InChI is InChI=1S/C19H28N4O2/c1-20-17-8-7-16(14-21-17)19(25)23-12-10-22(11-13-23)18(24)9-6-15-4-2-3-5-15/h7-8,14-15H,2-6,9-13H2,1H3,(H,20,21). The Bertz CT molecular complexity index is 588. The van der Waals surface area contributed by atoms with E-state index in [0.717, 1.165) is 18.2 Å². The third-order valence-electron chi connectivity index (χ3n) is 5.43. The lowest BCUT2D eigenvalue weighted by molar-refractivity contribution is -0.133. The lowest BCUT2D eigenvalue weighted by Crippen LogP contribution is -2.50. The molecule has 1 aliphatic carbocycles. The molecule has 25 heavy (non-hydrogen) atoms. The van der Waals surface area contributed by atoms with Crippen LogP contribution in [0.5, 0.6) is 0 Å². The van der Waals surface area contributed by atoms with Gasteiger partial charge in [-0.25, -0.2) is 4.98 Å². The minimum atomic E-state index is -0.00629. The summed E-state index contributed by atoms with van der Waals surface area (Å²) < 4.78 is 0. The highest BCUT2D eigenvalue weighted by atomic mass is 16.2. The van der Waals surface area contributed by atoms with Crippen LogP contribution in [0.1, 0.15) is 48.9 Å². The fourth-order valence-electron chi connectivity index (χ4n) is 3.79. The van der Waals surface area contributed by atoms with Crippen molar-refractivity contribution in [2.75, 3.05) is 38.5 Å². The second-order valence-electron chi connectivity index (χ2n) is 7.04. The number of rotatable bonds is 5. The summed E-state index contributed by atoms with van der Waals surface area (Å²) in [6, 6.07) is 3.59. The highest BCUT2D eigenvalue weighted by molar-refractivity contribution is 5.94. The molecule has 3 rings (SSSR count). The third-order valence-corrected chi connectivity index (χ3v) is 5.43. The van der Waals surface area contributed by atoms with E-state index in [4.69, 9.17) is 0 Å². The number of aromatic nitrogens is 1. The summed E-state index contributed by atoms with van der Waals surface area (Å²) in [6.07, 6.45) is 8.52. The van der Waals surface area contributed by atoms with Crippen molar-refractivity contribution in [1.29, 1.82) is 0 Å². The van der Waals surface area contributed by atoms with Gasteiger partial charge < -0.3 is 15.1 Å². The average Bonchev–Trinajstić information content (AvgIpc) is 3.19. The number of nitrogens with zero attached hydrogens (tertiary/aromatic N) is 3. The molecule has 0 bridgehead atoms. The Hall–Kier alpha value is -2.11. The summed E-state index contributed by atoms with van der Waals surface area (Å²) in [5.74, 6) is 1.74. The number of piperazine rings is 1. The Morgan fingerprint density at radius 1 is 1.12 bits per heavy atom. The van der Waals surface area contributed by atoms with Crippen LogP contribution in [0.3, 0.4) is 0 Å². The molecule has 2 aliphatic rings. The first-order valence-corrected chi connectivity index (χ1v) is 9.38. The molecule has 1 aliphatic heterocycles. The minimum Gasteiger partial charge on any atom is -0.373 e. The number of carbonyl (C=O) groups excluding carboxylic acids is 2. The van der Waals surface area contributed by atoms with E-state index < -0.39 is 0 Å². The molecule has 1 aromatic heterocycles. The van der Waals surface area contributed by atoms with Crippen LogP contribution in [0, 0.1) is 5.92 Å². The van der Waals surface area contributed by atoms with Gasteiger partial charge in [0.25, 0.3) is 5.91 Å². The largest absolute Gasteiger partial charge is 0.373 e. The summed E-state index contributed by atoms with van der Waals surface area (Å²) >= 11 is 0. The zero-order valence-electron chi connectivity index (χ0n) is 15.0. The molecular weight excluding hydrogens is 316 g/mol. The van der Waals surface area contributed by atoms with Crippen molar-refractivity contribution in [2.24, 2.45) is 5.92 Å². The molecule has 0 aromatic carbocycles. The van der Waals surface area contributed by atoms with E-state index in [1.807, 2.05) is 9.80 Å². The maximum absolute atomic E-state index is 12.5. The van der Waals surface area contributed by atoms with Gasteiger partial charge in [-0.3, -0.25) is 9.59 Å². The van der Waals surface area contributed by atoms with Crippen molar-refractivity contribution in [3.05, 3.63) is 23.9 Å². The summed E-state index contributed by atoms with van der Waals surface area (Å²) in [4.78, 5) is 32.8. The van der Waals surface area contributed by atoms with Gasteiger partial charge in [-0.2, -0.15) is 0 Å². The SMILES string of the molecule is CNc1ccc(C(=O)N2CCN(C(=O)CCC3CCCC3)CC2)cn1. The first kappa shape index (κ1) is 17.7. The number of nitrogens with one attached hydrogen (secondary N) is 1. The monoisotopic (exact) mass is 344 g/mol. The van der Waals surface area contributed by atoms with E-state index in [0.29, 0.717) is 38.2 Å². The fourth-order valence-corrected chi connectivity index (χ4v) is 3.79. The lowest BCUT2D eigenvalue weighted by atomic mass is 10.0. The summed E-state index contributed by atoms with van der Waals surface area (Å²) in [5.41, 5.74) is 0.597. The predicted octanol–water partition coefficient (Wildman–Crippen LogP) is 2.38. The van der Waals surface area contributed by atoms with Crippen LogP contribution >= 0.6 is 0 Å². The molecule has 2 fully saturated rings. The topological polar surface area (TPSA) is 65.5 Å². The molecule has 0 spiro atoms. The number of pyridine rings is 1. The van der Waals surface area contributed by atoms with Gasteiger partial charge in [0.15, 0.2) is 0 Å². The predicted molar refractivity (Wildman–Crippen MR) is 97.5 cm³/mol. The Morgan fingerprint density at radius 2 is 1.80 bits per heavy atom. The van der Waals surface area contributed by atoms with Crippen molar-refractivity contribution < 1.29 is 9.59 Å². The van der Waals surface area contributed by atoms with Crippen molar-refractivity contribution in [3.8, 4) is 0 Å². The molecule has 0 unspecified atom stereocenters. The second kappa shape index (κ2) is 8.32. The molecule has 0 radical (unpaired) electrons. The quantitative estimate of drug-likeness (QED) is 0.891.